The van der Waals surface area contributed by atoms with E-state index in [0.29, 0.717) is 22.9 Å². The van der Waals surface area contributed by atoms with E-state index in [0.717, 1.165) is 31.5 Å². The number of halogens is 2. The minimum Gasteiger partial charge on any atom is -0.348 e. The summed E-state index contributed by atoms with van der Waals surface area (Å²) in [5.41, 5.74) is 7.58. The van der Waals surface area contributed by atoms with Gasteiger partial charge in [0.2, 0.25) is 5.91 Å². The molecule has 2 heterocycles. The molecule has 2 aliphatic heterocycles. The minimum absolute atomic E-state index is 0. The highest BCUT2D eigenvalue weighted by molar-refractivity contribution is 6.30. The number of amides is 1. The Balaban J connectivity index is 0.00000225. The second-order valence-corrected chi connectivity index (χ2v) is 7.71. The van der Waals surface area contributed by atoms with Crippen molar-refractivity contribution >= 4 is 29.9 Å². The molecule has 0 saturated carbocycles. The van der Waals surface area contributed by atoms with E-state index >= 15 is 0 Å². The molecule has 140 valence electrons. The summed E-state index contributed by atoms with van der Waals surface area (Å²) in [6.07, 6.45) is 1.95. The lowest BCUT2D eigenvalue weighted by atomic mass is 9.88. The van der Waals surface area contributed by atoms with Gasteiger partial charge in [0.1, 0.15) is 6.04 Å². The van der Waals surface area contributed by atoms with Crippen LogP contribution in [0.5, 0.6) is 0 Å². The Morgan fingerprint density at radius 3 is 2.68 bits per heavy atom. The van der Waals surface area contributed by atoms with Crippen molar-refractivity contribution in [1.82, 2.24) is 21.5 Å². The van der Waals surface area contributed by atoms with E-state index in [2.05, 4.69) is 35.3 Å². The van der Waals surface area contributed by atoms with E-state index < -0.39 is 0 Å². The quantitative estimate of drug-likeness (QED) is 0.627. The summed E-state index contributed by atoms with van der Waals surface area (Å²) >= 11 is 6.00. The molecule has 25 heavy (non-hydrogen) atoms. The molecule has 5 nitrogen and oxygen atoms in total. The smallest absolute Gasteiger partial charge is 0.239 e. The number of piperidine rings is 1. The Morgan fingerprint density at radius 1 is 1.28 bits per heavy atom. The predicted octanol–water partition coefficient (Wildman–Crippen LogP) is 2.42. The first-order valence-electron chi connectivity index (χ1n) is 8.82. The van der Waals surface area contributed by atoms with Crippen LogP contribution in [0.15, 0.2) is 24.3 Å². The maximum Gasteiger partial charge on any atom is 0.239 e. The summed E-state index contributed by atoms with van der Waals surface area (Å²) in [6, 6.07) is 7.96. The third-order valence-corrected chi connectivity index (χ3v) is 5.21. The van der Waals surface area contributed by atoms with Gasteiger partial charge in [-0.05, 0) is 43.0 Å². The highest BCUT2D eigenvalue weighted by Gasteiger charge is 2.41. The zero-order valence-corrected chi connectivity index (χ0v) is 16.3. The number of carbonyl (C=O) groups is 1. The molecule has 0 aliphatic carbocycles. The molecule has 0 spiro atoms. The highest BCUT2D eigenvalue weighted by Crippen LogP contribution is 2.25. The summed E-state index contributed by atoms with van der Waals surface area (Å²) in [5.74, 6) is 0.854. The number of hydrazine groups is 1. The first-order chi connectivity index (χ1) is 11.5. The van der Waals surface area contributed by atoms with E-state index in [1.54, 1.807) is 0 Å². The molecule has 0 bridgehead atoms. The van der Waals surface area contributed by atoms with Gasteiger partial charge in [0, 0.05) is 23.5 Å². The number of nitrogens with one attached hydrogen (secondary N) is 4. The lowest BCUT2D eigenvalue weighted by molar-refractivity contribution is -0.124. The zero-order valence-electron chi connectivity index (χ0n) is 14.7. The third kappa shape index (κ3) is 5.08. The van der Waals surface area contributed by atoms with Gasteiger partial charge in [-0.3, -0.25) is 10.2 Å². The molecule has 0 radical (unpaired) electrons. The van der Waals surface area contributed by atoms with Crippen molar-refractivity contribution in [3.63, 3.8) is 0 Å². The molecule has 1 amide bonds. The van der Waals surface area contributed by atoms with Gasteiger partial charge in [-0.2, -0.15) is 0 Å². The van der Waals surface area contributed by atoms with Crippen molar-refractivity contribution < 1.29 is 4.79 Å². The Labute approximate surface area is 161 Å². The molecule has 3 rings (SSSR count). The number of fused-ring (bicyclic) bond motifs is 1. The molecular formula is C18H28Cl2N4O. The Kier molecular flexibility index (Phi) is 7.52. The van der Waals surface area contributed by atoms with Crippen LogP contribution in [0.1, 0.15) is 38.3 Å². The number of benzene rings is 1. The van der Waals surface area contributed by atoms with Crippen molar-refractivity contribution in [2.24, 2.45) is 11.8 Å². The molecule has 0 aromatic heterocycles. The number of carbonyl (C=O) groups excluding carboxylic acids is 1. The summed E-state index contributed by atoms with van der Waals surface area (Å²) in [7, 11) is 0. The van der Waals surface area contributed by atoms with E-state index in [-0.39, 0.29) is 30.4 Å². The maximum atomic E-state index is 12.9. The van der Waals surface area contributed by atoms with Crippen molar-refractivity contribution in [3.05, 3.63) is 34.9 Å². The molecule has 7 heteroatoms. The molecule has 2 fully saturated rings. The fraction of sp³-hybridized carbons (Fsp3) is 0.611. The van der Waals surface area contributed by atoms with Crippen molar-refractivity contribution in [1.29, 1.82) is 0 Å². The van der Waals surface area contributed by atoms with Crippen LogP contribution in [0.25, 0.3) is 0 Å². The van der Waals surface area contributed by atoms with Crippen LogP contribution in [-0.4, -0.2) is 31.1 Å². The first kappa shape index (κ1) is 20.5. The van der Waals surface area contributed by atoms with Crippen molar-refractivity contribution in [2.45, 2.75) is 44.8 Å². The topological polar surface area (TPSA) is 65.2 Å². The highest BCUT2D eigenvalue weighted by atomic mass is 35.5. The molecule has 1 aromatic carbocycles. The van der Waals surface area contributed by atoms with Crippen LogP contribution in [0.3, 0.4) is 0 Å². The Hall–Kier alpha value is -0.850. The van der Waals surface area contributed by atoms with Gasteiger partial charge in [-0.25, -0.2) is 5.43 Å². The van der Waals surface area contributed by atoms with Crippen LogP contribution in [0.4, 0.5) is 0 Å². The Bertz CT molecular complexity index is 567. The van der Waals surface area contributed by atoms with Gasteiger partial charge in [-0.15, -0.1) is 12.4 Å². The summed E-state index contributed by atoms with van der Waals surface area (Å²) in [6.45, 7) is 6.22. The van der Waals surface area contributed by atoms with E-state index in [1.807, 2.05) is 24.3 Å². The van der Waals surface area contributed by atoms with Crippen molar-refractivity contribution in [3.8, 4) is 0 Å². The lowest BCUT2D eigenvalue weighted by Gasteiger charge is -2.29. The molecular weight excluding hydrogens is 359 g/mol. The largest absolute Gasteiger partial charge is 0.348 e. The molecule has 4 unspecified atom stereocenters. The van der Waals surface area contributed by atoms with Crippen molar-refractivity contribution in [2.75, 3.05) is 13.1 Å². The average Bonchev–Trinajstić information content (AvgIpc) is 2.98. The molecule has 1 aromatic rings. The van der Waals surface area contributed by atoms with Crippen LogP contribution < -0.4 is 21.5 Å². The van der Waals surface area contributed by atoms with Gasteiger partial charge in [0.15, 0.2) is 0 Å². The summed E-state index contributed by atoms with van der Waals surface area (Å²) in [4.78, 5) is 12.9. The van der Waals surface area contributed by atoms with E-state index in [9.17, 15) is 4.79 Å². The summed E-state index contributed by atoms with van der Waals surface area (Å²) < 4.78 is 0. The number of rotatable bonds is 5. The number of hydrogen-bond donors (Lipinski definition) is 4. The normalized spacial score (nSPS) is 26.6. The fourth-order valence-electron chi connectivity index (χ4n) is 3.68. The van der Waals surface area contributed by atoms with Gasteiger partial charge in [-0.1, -0.05) is 37.6 Å². The van der Waals surface area contributed by atoms with Crippen LogP contribution in [0.2, 0.25) is 5.02 Å². The van der Waals surface area contributed by atoms with Crippen LogP contribution in [-0.2, 0) is 4.79 Å². The molecule has 2 aliphatic rings. The standard InChI is InChI=1S/C18H27ClN4O.ClH/c1-11(2)9-16(12-3-5-13(19)6-4-12)21-18(24)17-14-10-20-8-7-15(14)22-23-17;/h3-6,11,14-17,20,22-23H,7-10H2,1-2H3,(H,21,24);1H. The average molecular weight is 387 g/mol. The second-order valence-electron chi connectivity index (χ2n) is 7.27. The van der Waals surface area contributed by atoms with Gasteiger partial charge < -0.3 is 10.6 Å². The van der Waals surface area contributed by atoms with E-state index in [1.165, 1.54) is 0 Å². The number of hydrogen-bond acceptors (Lipinski definition) is 4. The van der Waals surface area contributed by atoms with Gasteiger partial charge in [0.25, 0.3) is 0 Å². The SMILES string of the molecule is CC(C)CC(NC(=O)C1NNC2CCNCC21)c1ccc(Cl)cc1.Cl. The first-order valence-corrected chi connectivity index (χ1v) is 9.20. The predicted molar refractivity (Wildman–Crippen MR) is 104 cm³/mol. The molecule has 4 atom stereocenters. The Morgan fingerprint density at radius 2 is 2.00 bits per heavy atom. The summed E-state index contributed by atoms with van der Waals surface area (Å²) in [5, 5.41) is 7.35. The van der Waals surface area contributed by atoms with Crippen LogP contribution >= 0.6 is 24.0 Å². The van der Waals surface area contributed by atoms with E-state index in [4.69, 9.17) is 11.6 Å². The lowest BCUT2D eigenvalue weighted by Crippen LogP contribution is -2.50. The fourth-order valence-corrected chi connectivity index (χ4v) is 3.81. The van der Waals surface area contributed by atoms with Gasteiger partial charge in [0.05, 0.1) is 6.04 Å². The third-order valence-electron chi connectivity index (χ3n) is 4.96. The zero-order chi connectivity index (χ0) is 17.1. The van der Waals surface area contributed by atoms with Crippen LogP contribution in [0, 0.1) is 11.8 Å². The second kappa shape index (κ2) is 9.19. The van der Waals surface area contributed by atoms with Gasteiger partial charge >= 0.3 is 0 Å². The maximum absolute atomic E-state index is 12.9. The molecule has 4 N–H and O–H groups in total. The molecule has 2 saturated heterocycles. The monoisotopic (exact) mass is 386 g/mol. The minimum atomic E-state index is -0.190.